The molecule has 1 aromatic carbocycles. The van der Waals surface area contributed by atoms with Gasteiger partial charge in [0.15, 0.2) is 5.82 Å². The molecule has 3 rings (SSSR count). The summed E-state index contributed by atoms with van der Waals surface area (Å²) in [6.07, 6.45) is 1.70. The van der Waals surface area contributed by atoms with Gasteiger partial charge in [0, 0.05) is 17.6 Å². The number of carbonyl (C=O) groups is 1. The number of hydrogen-bond acceptors (Lipinski definition) is 4. The third-order valence-electron chi connectivity index (χ3n) is 3.18. The first-order valence-corrected chi connectivity index (χ1v) is 6.59. The molecule has 1 aliphatic heterocycles. The van der Waals surface area contributed by atoms with Gasteiger partial charge in [0.2, 0.25) is 0 Å². The van der Waals surface area contributed by atoms with Crippen LogP contribution in [0.3, 0.4) is 0 Å². The molecule has 0 bridgehead atoms. The molecule has 1 N–H and O–H groups in total. The van der Waals surface area contributed by atoms with E-state index in [2.05, 4.69) is 26.1 Å². The van der Waals surface area contributed by atoms with Crippen molar-refractivity contribution in [3.05, 3.63) is 40.4 Å². The molecule has 0 aliphatic carbocycles. The summed E-state index contributed by atoms with van der Waals surface area (Å²) >= 11 is 3.30. The first-order valence-electron chi connectivity index (χ1n) is 5.80. The number of carboxylic acids is 1. The minimum Gasteiger partial charge on any atom is -0.478 e. The van der Waals surface area contributed by atoms with Crippen LogP contribution in [0.1, 0.15) is 16.2 Å². The zero-order valence-corrected chi connectivity index (χ0v) is 11.5. The lowest BCUT2D eigenvalue weighted by molar-refractivity contribution is 0.0696. The SMILES string of the molecule is O=C(O)c1c(Br)cccc1N1CCn2cnnc2C1. The number of carboxylic acid groups (broad SMARTS) is 1. The Hall–Kier alpha value is -1.89. The number of benzene rings is 1. The minimum absolute atomic E-state index is 0.287. The highest BCUT2D eigenvalue weighted by Gasteiger charge is 2.23. The molecule has 0 unspecified atom stereocenters. The van der Waals surface area contributed by atoms with Crippen molar-refractivity contribution in [1.29, 1.82) is 0 Å². The Kier molecular flexibility index (Phi) is 2.98. The van der Waals surface area contributed by atoms with Gasteiger partial charge < -0.3 is 14.6 Å². The molecular weight excluding hydrogens is 312 g/mol. The zero-order valence-electron chi connectivity index (χ0n) is 9.95. The van der Waals surface area contributed by atoms with Gasteiger partial charge in [-0.1, -0.05) is 6.07 Å². The summed E-state index contributed by atoms with van der Waals surface area (Å²) in [6.45, 7) is 2.06. The van der Waals surface area contributed by atoms with E-state index in [4.69, 9.17) is 0 Å². The molecule has 7 heteroatoms. The van der Waals surface area contributed by atoms with E-state index in [0.717, 1.165) is 18.9 Å². The van der Waals surface area contributed by atoms with Gasteiger partial charge in [-0.25, -0.2) is 4.79 Å². The van der Waals surface area contributed by atoms with E-state index in [9.17, 15) is 9.90 Å². The number of halogens is 1. The van der Waals surface area contributed by atoms with E-state index in [1.165, 1.54) is 0 Å². The lowest BCUT2D eigenvalue weighted by atomic mass is 10.1. The summed E-state index contributed by atoms with van der Waals surface area (Å²) < 4.78 is 2.57. The third kappa shape index (κ3) is 2.10. The van der Waals surface area contributed by atoms with Crippen LogP contribution in [0, 0.1) is 0 Å². The van der Waals surface area contributed by atoms with Gasteiger partial charge in [0.25, 0.3) is 0 Å². The summed E-state index contributed by atoms with van der Waals surface area (Å²) in [4.78, 5) is 13.4. The second-order valence-corrected chi connectivity index (χ2v) is 5.16. The van der Waals surface area contributed by atoms with E-state index in [1.807, 2.05) is 21.6 Å². The van der Waals surface area contributed by atoms with Crippen LogP contribution in [-0.4, -0.2) is 32.4 Å². The normalized spacial score (nSPS) is 14.3. The summed E-state index contributed by atoms with van der Waals surface area (Å²) in [5.41, 5.74) is 0.992. The second kappa shape index (κ2) is 4.65. The molecule has 0 radical (unpaired) electrons. The van der Waals surface area contributed by atoms with E-state index in [1.54, 1.807) is 12.4 Å². The van der Waals surface area contributed by atoms with Crippen molar-refractivity contribution in [2.75, 3.05) is 11.4 Å². The zero-order chi connectivity index (χ0) is 13.4. The van der Waals surface area contributed by atoms with Gasteiger partial charge in [-0.05, 0) is 28.1 Å². The second-order valence-electron chi connectivity index (χ2n) is 4.30. The Morgan fingerprint density at radius 1 is 1.37 bits per heavy atom. The monoisotopic (exact) mass is 322 g/mol. The third-order valence-corrected chi connectivity index (χ3v) is 3.85. The van der Waals surface area contributed by atoms with Gasteiger partial charge in [-0.2, -0.15) is 0 Å². The molecule has 2 heterocycles. The van der Waals surface area contributed by atoms with Gasteiger partial charge in [-0.15, -0.1) is 10.2 Å². The molecule has 0 amide bonds. The van der Waals surface area contributed by atoms with E-state index >= 15 is 0 Å². The van der Waals surface area contributed by atoms with E-state index in [-0.39, 0.29) is 5.56 Å². The Morgan fingerprint density at radius 2 is 2.21 bits per heavy atom. The summed E-state index contributed by atoms with van der Waals surface area (Å²) in [7, 11) is 0. The van der Waals surface area contributed by atoms with Crippen LogP contribution in [0.5, 0.6) is 0 Å². The summed E-state index contributed by atoms with van der Waals surface area (Å²) in [5, 5.41) is 17.3. The topological polar surface area (TPSA) is 71.2 Å². The number of hydrogen-bond donors (Lipinski definition) is 1. The molecule has 1 aromatic heterocycles. The Bertz CT molecular complexity index is 640. The fourth-order valence-electron chi connectivity index (χ4n) is 2.26. The fourth-order valence-corrected chi connectivity index (χ4v) is 2.79. The summed E-state index contributed by atoms with van der Waals surface area (Å²) in [6, 6.07) is 5.39. The van der Waals surface area contributed by atoms with Gasteiger partial charge >= 0.3 is 5.97 Å². The van der Waals surface area contributed by atoms with Crippen LogP contribution < -0.4 is 4.90 Å². The highest BCUT2D eigenvalue weighted by molar-refractivity contribution is 9.10. The van der Waals surface area contributed by atoms with Crippen LogP contribution in [0.25, 0.3) is 0 Å². The number of nitrogens with zero attached hydrogens (tertiary/aromatic N) is 4. The van der Waals surface area contributed by atoms with Crippen molar-refractivity contribution in [2.24, 2.45) is 0 Å². The Balaban J connectivity index is 2.00. The maximum absolute atomic E-state index is 11.4. The standard InChI is InChI=1S/C12H11BrN4O2/c13-8-2-1-3-9(11(8)12(18)19)16-4-5-17-7-14-15-10(17)6-16/h1-3,7H,4-6H2,(H,18,19). The van der Waals surface area contributed by atoms with E-state index < -0.39 is 5.97 Å². The maximum atomic E-state index is 11.4. The van der Waals surface area contributed by atoms with Crippen molar-refractivity contribution >= 4 is 27.6 Å². The lowest BCUT2D eigenvalue weighted by Gasteiger charge is -2.30. The largest absolute Gasteiger partial charge is 0.478 e. The van der Waals surface area contributed by atoms with Crippen LogP contribution >= 0.6 is 15.9 Å². The quantitative estimate of drug-likeness (QED) is 0.912. The molecule has 0 saturated heterocycles. The van der Waals surface area contributed by atoms with Crippen molar-refractivity contribution in [1.82, 2.24) is 14.8 Å². The fraction of sp³-hybridized carbons (Fsp3) is 0.250. The molecule has 6 nitrogen and oxygen atoms in total. The molecule has 98 valence electrons. The predicted octanol–water partition coefficient (Wildman–Crippen LogP) is 1.76. The van der Waals surface area contributed by atoms with Gasteiger partial charge in [-0.3, -0.25) is 0 Å². The van der Waals surface area contributed by atoms with Crippen LogP contribution in [0.2, 0.25) is 0 Å². The molecule has 0 saturated carbocycles. The molecule has 19 heavy (non-hydrogen) atoms. The van der Waals surface area contributed by atoms with Crippen LogP contribution in [-0.2, 0) is 13.1 Å². The lowest BCUT2D eigenvalue weighted by Crippen LogP contribution is -2.34. The first kappa shape index (κ1) is 12.2. The number of anilines is 1. The highest BCUT2D eigenvalue weighted by atomic mass is 79.9. The van der Waals surface area contributed by atoms with Crippen molar-refractivity contribution in [3.8, 4) is 0 Å². The average Bonchev–Trinajstić information content (AvgIpc) is 2.85. The number of rotatable bonds is 2. The number of fused-ring (bicyclic) bond motifs is 1. The Morgan fingerprint density at radius 3 is 3.00 bits per heavy atom. The van der Waals surface area contributed by atoms with E-state index in [0.29, 0.717) is 16.7 Å². The first-order chi connectivity index (χ1) is 9.16. The van der Waals surface area contributed by atoms with Crippen molar-refractivity contribution < 1.29 is 9.90 Å². The maximum Gasteiger partial charge on any atom is 0.338 e. The van der Waals surface area contributed by atoms with Gasteiger partial charge in [0.05, 0.1) is 17.8 Å². The molecule has 2 aromatic rings. The predicted molar refractivity (Wildman–Crippen MR) is 72.2 cm³/mol. The molecule has 1 aliphatic rings. The Labute approximate surface area is 117 Å². The number of aromatic nitrogens is 3. The number of aromatic carboxylic acids is 1. The van der Waals surface area contributed by atoms with Gasteiger partial charge in [0.1, 0.15) is 6.33 Å². The smallest absolute Gasteiger partial charge is 0.338 e. The molecule has 0 atom stereocenters. The van der Waals surface area contributed by atoms with Crippen molar-refractivity contribution in [3.63, 3.8) is 0 Å². The van der Waals surface area contributed by atoms with Crippen LogP contribution in [0.15, 0.2) is 29.0 Å². The van der Waals surface area contributed by atoms with Crippen LogP contribution in [0.4, 0.5) is 5.69 Å². The molecular formula is C12H11BrN4O2. The average molecular weight is 323 g/mol. The minimum atomic E-state index is -0.936. The molecule has 0 fully saturated rings. The molecule has 0 spiro atoms. The highest BCUT2D eigenvalue weighted by Crippen LogP contribution is 2.29. The summed E-state index contributed by atoms with van der Waals surface area (Å²) in [5.74, 6) is -0.0860. The van der Waals surface area contributed by atoms with Crippen molar-refractivity contribution in [2.45, 2.75) is 13.1 Å².